The first-order chi connectivity index (χ1) is 27.6. The van der Waals surface area contributed by atoms with Gasteiger partial charge in [0.05, 0.1) is 0 Å². The maximum absolute atomic E-state index is 5.22. The van der Waals surface area contributed by atoms with Crippen molar-refractivity contribution < 1.29 is 0 Å². The lowest BCUT2D eigenvalue weighted by Gasteiger charge is -2.17. The molecule has 0 heterocycles. The van der Waals surface area contributed by atoms with Gasteiger partial charge < -0.3 is 0 Å². The fourth-order valence-corrected chi connectivity index (χ4v) is 8.94. The molecule has 0 fully saturated rings. The van der Waals surface area contributed by atoms with E-state index < -0.39 is 0 Å². The Bertz CT molecular complexity index is 3050. The molecule has 0 saturated heterocycles. The third-order valence-electron chi connectivity index (χ3n) is 11.4. The number of thiol groups is 1. The lowest BCUT2D eigenvalue weighted by Crippen LogP contribution is -1.92. The summed E-state index contributed by atoms with van der Waals surface area (Å²) in [5.74, 6) is 0. The minimum Gasteiger partial charge on any atom is -0.142 e. The van der Waals surface area contributed by atoms with Crippen LogP contribution < -0.4 is 0 Å². The molecule has 10 aromatic rings. The molecule has 0 aliphatic carbocycles. The van der Waals surface area contributed by atoms with Crippen LogP contribution in [0.3, 0.4) is 0 Å². The molecule has 0 N–H and O–H groups in total. The SMILES string of the molecule is Cc1c(-c2cccc(-c3ccc4c5ccccc5c5ccccc5c4c3)c2)cccc1-c1cccc(-c2cccc(-c3ccc(-c4ccccc4)cc3)c2)c1S. The number of benzene rings is 10. The Morgan fingerprint density at radius 3 is 1.27 bits per heavy atom. The van der Waals surface area contributed by atoms with E-state index >= 15 is 0 Å². The summed E-state index contributed by atoms with van der Waals surface area (Å²) < 4.78 is 0. The summed E-state index contributed by atoms with van der Waals surface area (Å²) in [5.41, 5.74) is 15.5. The van der Waals surface area contributed by atoms with Gasteiger partial charge in [0, 0.05) is 4.90 Å². The molecule has 0 amide bonds. The summed E-state index contributed by atoms with van der Waals surface area (Å²) in [6, 6.07) is 74.9. The van der Waals surface area contributed by atoms with Crippen LogP contribution in [-0.4, -0.2) is 0 Å². The lowest BCUT2D eigenvalue weighted by molar-refractivity contribution is 1.39. The highest BCUT2D eigenvalue weighted by molar-refractivity contribution is 7.80. The quantitative estimate of drug-likeness (QED) is 0.128. The Hall–Kier alpha value is -6.67. The third-order valence-corrected chi connectivity index (χ3v) is 11.9. The van der Waals surface area contributed by atoms with Gasteiger partial charge in [-0.2, -0.15) is 0 Å². The van der Waals surface area contributed by atoms with Gasteiger partial charge in [0.1, 0.15) is 0 Å². The van der Waals surface area contributed by atoms with E-state index in [1.54, 1.807) is 0 Å². The van der Waals surface area contributed by atoms with Crippen molar-refractivity contribution in [3.8, 4) is 66.8 Å². The number of rotatable bonds is 6. The van der Waals surface area contributed by atoms with Crippen LogP contribution in [-0.2, 0) is 0 Å². The van der Waals surface area contributed by atoms with Crippen LogP contribution in [0.1, 0.15) is 5.56 Å². The first-order valence-electron chi connectivity index (χ1n) is 19.2. The molecule has 0 aliphatic rings. The van der Waals surface area contributed by atoms with Crippen molar-refractivity contribution >= 4 is 44.9 Å². The molecule has 264 valence electrons. The van der Waals surface area contributed by atoms with Gasteiger partial charge in [-0.15, -0.1) is 12.6 Å². The zero-order chi connectivity index (χ0) is 37.6. The van der Waals surface area contributed by atoms with E-state index in [2.05, 4.69) is 213 Å². The van der Waals surface area contributed by atoms with Crippen molar-refractivity contribution in [2.24, 2.45) is 0 Å². The maximum Gasteiger partial charge on any atom is 0.0197 e. The third kappa shape index (κ3) is 5.98. The van der Waals surface area contributed by atoms with Crippen LogP contribution in [0.25, 0.3) is 99.1 Å². The molecule has 10 aromatic carbocycles. The van der Waals surface area contributed by atoms with E-state index in [0.717, 1.165) is 21.6 Å². The average molecular weight is 731 g/mol. The fourth-order valence-electron chi connectivity index (χ4n) is 8.54. The van der Waals surface area contributed by atoms with Crippen LogP contribution in [0.15, 0.2) is 211 Å². The summed E-state index contributed by atoms with van der Waals surface area (Å²) in [5, 5.41) is 7.75. The molecule has 0 aliphatic heterocycles. The summed E-state index contributed by atoms with van der Waals surface area (Å²) in [6.07, 6.45) is 0. The van der Waals surface area contributed by atoms with E-state index in [1.165, 1.54) is 88.0 Å². The normalized spacial score (nSPS) is 11.4. The van der Waals surface area contributed by atoms with E-state index in [0.29, 0.717) is 0 Å². The lowest BCUT2D eigenvalue weighted by atomic mass is 9.89. The molecular weight excluding hydrogens is 693 g/mol. The Balaban J connectivity index is 0.995. The van der Waals surface area contributed by atoms with Crippen molar-refractivity contribution in [3.63, 3.8) is 0 Å². The Morgan fingerprint density at radius 2 is 0.625 bits per heavy atom. The van der Waals surface area contributed by atoms with E-state index in [9.17, 15) is 0 Å². The van der Waals surface area contributed by atoms with Gasteiger partial charge in [-0.3, -0.25) is 0 Å². The molecule has 0 radical (unpaired) electrons. The van der Waals surface area contributed by atoms with Gasteiger partial charge in [0.25, 0.3) is 0 Å². The summed E-state index contributed by atoms with van der Waals surface area (Å²) >= 11 is 5.22. The predicted octanol–water partition coefficient (Wildman–Crippen LogP) is 15.7. The first kappa shape index (κ1) is 33.9. The maximum atomic E-state index is 5.22. The molecule has 0 unspecified atom stereocenters. The van der Waals surface area contributed by atoms with Crippen LogP contribution in [0, 0.1) is 6.92 Å². The topological polar surface area (TPSA) is 0 Å². The smallest absolute Gasteiger partial charge is 0.0197 e. The number of fused-ring (bicyclic) bond motifs is 6. The van der Waals surface area contributed by atoms with Crippen LogP contribution in [0.2, 0.25) is 0 Å². The van der Waals surface area contributed by atoms with Gasteiger partial charge >= 0.3 is 0 Å². The van der Waals surface area contributed by atoms with E-state index in [-0.39, 0.29) is 0 Å². The Kier molecular flexibility index (Phi) is 8.58. The number of hydrogen-bond acceptors (Lipinski definition) is 1. The van der Waals surface area contributed by atoms with Crippen molar-refractivity contribution in [2.75, 3.05) is 0 Å². The molecule has 0 saturated carbocycles. The van der Waals surface area contributed by atoms with Gasteiger partial charge in [0.2, 0.25) is 0 Å². The minimum atomic E-state index is 0.981. The zero-order valence-corrected chi connectivity index (χ0v) is 32.0. The molecule has 0 nitrogen and oxygen atoms in total. The van der Waals surface area contributed by atoms with Crippen molar-refractivity contribution in [3.05, 3.63) is 212 Å². The highest BCUT2D eigenvalue weighted by atomic mass is 32.1. The molecule has 0 atom stereocenters. The average Bonchev–Trinajstić information content (AvgIpc) is 3.27. The zero-order valence-electron chi connectivity index (χ0n) is 31.1. The van der Waals surface area contributed by atoms with Gasteiger partial charge in [0.15, 0.2) is 0 Å². The first-order valence-corrected chi connectivity index (χ1v) is 19.7. The molecule has 0 spiro atoms. The molecule has 0 aromatic heterocycles. The molecule has 0 bridgehead atoms. The predicted molar refractivity (Wildman–Crippen MR) is 244 cm³/mol. The van der Waals surface area contributed by atoms with E-state index in [4.69, 9.17) is 12.6 Å². The van der Waals surface area contributed by atoms with Crippen LogP contribution in [0.4, 0.5) is 0 Å². The monoisotopic (exact) mass is 730 g/mol. The number of hydrogen-bond donors (Lipinski definition) is 1. The molecule has 10 rings (SSSR count). The largest absolute Gasteiger partial charge is 0.142 e. The second-order valence-corrected chi connectivity index (χ2v) is 15.1. The second-order valence-electron chi connectivity index (χ2n) is 14.6. The van der Waals surface area contributed by atoms with Crippen molar-refractivity contribution in [2.45, 2.75) is 11.8 Å². The van der Waals surface area contributed by atoms with Crippen LogP contribution >= 0.6 is 12.6 Å². The van der Waals surface area contributed by atoms with Gasteiger partial charge in [-0.05, 0) is 130 Å². The van der Waals surface area contributed by atoms with Crippen LogP contribution in [0.5, 0.6) is 0 Å². The standard InChI is InChI=1S/C55H38S/c1-36-45(43-17-10-16-41(34-43)42-31-32-52-50-21-6-5-19-48(50)49-20-7-8-22-51(49)54(52)35-42)23-11-24-46(36)53-26-12-25-47(55(53)56)44-18-9-15-40(33-44)39-29-27-38(28-30-39)37-13-3-2-4-14-37/h2-35,56H,1H3. The van der Waals surface area contributed by atoms with Crippen molar-refractivity contribution in [1.82, 2.24) is 0 Å². The highest BCUT2D eigenvalue weighted by Crippen LogP contribution is 2.41. The summed E-state index contributed by atoms with van der Waals surface area (Å²) in [6.45, 7) is 2.24. The molecule has 56 heavy (non-hydrogen) atoms. The van der Waals surface area contributed by atoms with E-state index in [1.807, 2.05) is 0 Å². The van der Waals surface area contributed by atoms with Gasteiger partial charge in [-0.1, -0.05) is 188 Å². The molecule has 1 heteroatoms. The fraction of sp³-hybridized carbons (Fsp3) is 0.0182. The minimum absolute atomic E-state index is 0.981. The molecular formula is C55H38S. The second kappa shape index (κ2) is 14.2. The highest BCUT2D eigenvalue weighted by Gasteiger charge is 2.15. The Labute approximate surface area is 333 Å². The summed E-state index contributed by atoms with van der Waals surface area (Å²) in [4.78, 5) is 0.981. The van der Waals surface area contributed by atoms with Gasteiger partial charge in [-0.25, -0.2) is 0 Å². The summed E-state index contributed by atoms with van der Waals surface area (Å²) in [7, 11) is 0. The van der Waals surface area contributed by atoms with Crippen molar-refractivity contribution in [1.29, 1.82) is 0 Å². The Morgan fingerprint density at radius 1 is 0.250 bits per heavy atom.